The molecule has 0 saturated carbocycles. The van der Waals surface area contributed by atoms with Crippen molar-refractivity contribution in [2.45, 2.75) is 51.6 Å². The Bertz CT molecular complexity index is 1030. The fourth-order valence-corrected chi connectivity index (χ4v) is 4.06. The van der Waals surface area contributed by atoms with Crippen molar-refractivity contribution in [1.82, 2.24) is 16.0 Å². The molecule has 2 rings (SSSR count). The number of para-hydroxylation sites is 1. The highest BCUT2D eigenvalue weighted by atomic mass is 31.2. The van der Waals surface area contributed by atoms with Gasteiger partial charge in [0.15, 0.2) is 5.78 Å². The van der Waals surface area contributed by atoms with Gasteiger partial charge in [-0.1, -0.05) is 32.0 Å². The maximum absolute atomic E-state index is 13.1. The molecular formula is C23H33N4O9P. The van der Waals surface area contributed by atoms with Crippen LogP contribution in [-0.2, 0) is 33.1 Å². The third kappa shape index (κ3) is 11.2. The molecule has 1 aliphatic rings. The molecule has 0 unspecified atom stereocenters. The largest absolute Gasteiger partial charge is 0.470 e. The Morgan fingerprint density at radius 2 is 1.76 bits per heavy atom. The van der Waals surface area contributed by atoms with Crippen LogP contribution in [0.4, 0.5) is 5.69 Å². The summed E-state index contributed by atoms with van der Waals surface area (Å²) < 4.78 is 15.3. The van der Waals surface area contributed by atoms with Crippen LogP contribution in [-0.4, -0.2) is 64.4 Å². The van der Waals surface area contributed by atoms with E-state index in [1.807, 2.05) is 13.8 Å². The minimum Gasteiger partial charge on any atom is -0.356 e. The van der Waals surface area contributed by atoms with E-state index >= 15 is 0 Å². The zero-order valence-electron chi connectivity index (χ0n) is 20.6. The summed E-state index contributed by atoms with van der Waals surface area (Å²) in [5.74, 6) is -3.82. The lowest BCUT2D eigenvalue weighted by molar-refractivity contribution is -0.134. The van der Waals surface area contributed by atoms with E-state index in [4.69, 9.17) is 9.79 Å². The van der Waals surface area contributed by atoms with E-state index in [0.717, 1.165) is 0 Å². The Balaban J connectivity index is 2.07. The van der Waals surface area contributed by atoms with Crippen LogP contribution >= 0.6 is 7.82 Å². The van der Waals surface area contributed by atoms with Gasteiger partial charge in [0, 0.05) is 18.2 Å². The van der Waals surface area contributed by atoms with Crippen LogP contribution in [0.2, 0.25) is 0 Å². The van der Waals surface area contributed by atoms with Gasteiger partial charge in [0.25, 0.3) is 0 Å². The number of anilines is 1. The normalized spacial score (nSPS) is 17.0. The molecule has 1 heterocycles. The zero-order chi connectivity index (χ0) is 27.6. The topological polar surface area (TPSA) is 200 Å². The van der Waals surface area contributed by atoms with Crippen molar-refractivity contribution in [3.05, 3.63) is 30.3 Å². The fourth-order valence-electron chi connectivity index (χ4n) is 3.77. The first kappa shape index (κ1) is 30.1. The van der Waals surface area contributed by atoms with Gasteiger partial charge in [-0.25, -0.2) is 4.57 Å². The highest BCUT2D eigenvalue weighted by Gasteiger charge is 2.34. The SMILES string of the molecule is CC(C)C[C@H](NC(=O)CC(=O)Nc1ccccc1)C(=O)N[C@@H](C[C@@H]1CCNC1=O)C(=O)COP(=O)(O)O. The average molecular weight is 541 g/mol. The number of nitrogens with one attached hydrogen (secondary N) is 4. The molecule has 1 aromatic carbocycles. The van der Waals surface area contributed by atoms with E-state index in [1.54, 1.807) is 30.3 Å². The van der Waals surface area contributed by atoms with Crippen LogP contribution in [0.5, 0.6) is 0 Å². The van der Waals surface area contributed by atoms with Gasteiger partial charge in [-0.05, 0) is 37.3 Å². The second-order valence-electron chi connectivity index (χ2n) is 9.14. The van der Waals surface area contributed by atoms with Crippen LogP contribution in [0, 0.1) is 11.8 Å². The summed E-state index contributed by atoms with van der Waals surface area (Å²) in [7, 11) is -4.94. The third-order valence-corrected chi connectivity index (χ3v) is 5.97. The van der Waals surface area contributed by atoms with E-state index < -0.39 is 62.4 Å². The van der Waals surface area contributed by atoms with Gasteiger partial charge < -0.3 is 31.1 Å². The number of benzene rings is 1. The number of hydrogen-bond donors (Lipinski definition) is 6. The highest BCUT2D eigenvalue weighted by molar-refractivity contribution is 7.46. The number of phosphoric ester groups is 1. The van der Waals surface area contributed by atoms with Crippen molar-refractivity contribution in [2.24, 2.45) is 11.8 Å². The summed E-state index contributed by atoms with van der Waals surface area (Å²) in [5.41, 5.74) is 0.506. The minimum atomic E-state index is -4.94. The van der Waals surface area contributed by atoms with Gasteiger partial charge in [0.1, 0.15) is 19.1 Å². The summed E-state index contributed by atoms with van der Waals surface area (Å²) in [6.45, 7) is 3.04. The molecular weight excluding hydrogens is 507 g/mol. The first-order valence-corrected chi connectivity index (χ1v) is 13.3. The molecule has 1 saturated heterocycles. The molecule has 0 bridgehead atoms. The van der Waals surface area contributed by atoms with Crippen LogP contribution in [0.25, 0.3) is 0 Å². The number of amides is 4. The van der Waals surface area contributed by atoms with E-state index in [-0.39, 0.29) is 24.7 Å². The van der Waals surface area contributed by atoms with E-state index in [2.05, 4.69) is 25.8 Å². The number of ketones is 1. The summed E-state index contributed by atoms with van der Waals surface area (Å²) in [5, 5.41) is 10.2. The summed E-state index contributed by atoms with van der Waals surface area (Å²) >= 11 is 0. The lowest BCUT2D eigenvalue weighted by Crippen LogP contribution is -2.53. The third-order valence-electron chi connectivity index (χ3n) is 5.50. The van der Waals surface area contributed by atoms with Crippen molar-refractivity contribution in [3.63, 3.8) is 0 Å². The second kappa shape index (κ2) is 14.0. The first-order valence-electron chi connectivity index (χ1n) is 11.8. The highest BCUT2D eigenvalue weighted by Crippen LogP contribution is 2.35. The molecule has 37 heavy (non-hydrogen) atoms. The van der Waals surface area contributed by atoms with Crippen LogP contribution in [0.15, 0.2) is 30.3 Å². The lowest BCUT2D eigenvalue weighted by atomic mass is 9.95. The van der Waals surface area contributed by atoms with Crippen molar-refractivity contribution in [2.75, 3.05) is 18.5 Å². The molecule has 13 nitrogen and oxygen atoms in total. The first-order chi connectivity index (χ1) is 17.3. The molecule has 1 aromatic rings. The Morgan fingerprint density at radius 3 is 2.32 bits per heavy atom. The van der Waals surface area contributed by atoms with Crippen molar-refractivity contribution in [1.29, 1.82) is 0 Å². The molecule has 0 radical (unpaired) electrons. The number of phosphoric acid groups is 1. The van der Waals surface area contributed by atoms with Crippen LogP contribution in [0.1, 0.15) is 39.5 Å². The van der Waals surface area contributed by atoms with Crippen molar-refractivity contribution < 1.29 is 42.8 Å². The fraction of sp³-hybridized carbons (Fsp3) is 0.522. The summed E-state index contributed by atoms with van der Waals surface area (Å²) in [4.78, 5) is 80.3. The summed E-state index contributed by atoms with van der Waals surface area (Å²) in [6, 6.07) is 6.12. The zero-order valence-corrected chi connectivity index (χ0v) is 21.5. The van der Waals surface area contributed by atoms with Crippen LogP contribution in [0.3, 0.4) is 0 Å². The molecule has 1 fully saturated rings. The Hall–Kier alpha value is -3.12. The predicted molar refractivity (Wildman–Crippen MR) is 132 cm³/mol. The molecule has 0 aliphatic carbocycles. The maximum atomic E-state index is 13.1. The molecule has 4 amide bonds. The minimum absolute atomic E-state index is 0.0538. The molecule has 1 aliphatic heterocycles. The Labute approximate surface area is 214 Å². The molecule has 204 valence electrons. The number of carbonyl (C=O) groups excluding carboxylic acids is 5. The molecule has 0 aromatic heterocycles. The van der Waals surface area contributed by atoms with Crippen molar-refractivity contribution >= 4 is 42.9 Å². The smallest absolute Gasteiger partial charge is 0.356 e. The van der Waals surface area contributed by atoms with Gasteiger partial charge in [0.05, 0.1) is 6.04 Å². The predicted octanol–water partition coefficient (Wildman–Crippen LogP) is 0.236. The monoisotopic (exact) mass is 540 g/mol. The standard InChI is InChI=1S/C23H33N4O9P/c1-14(2)10-18(26-21(30)12-20(29)25-16-6-4-3-5-7-16)23(32)27-17(11-15-8-9-24-22(15)31)19(28)13-36-37(33,34)35/h3-7,14-15,17-18H,8-13H2,1-2H3,(H,24,31)(H,25,29)(H,26,30)(H,27,32)(H2,33,34,35)/t15-,17-,18-/m0/s1. The average Bonchev–Trinajstić information content (AvgIpc) is 3.20. The Kier molecular flexibility index (Phi) is 11.4. The number of carbonyl (C=O) groups is 5. The van der Waals surface area contributed by atoms with Crippen LogP contribution < -0.4 is 21.3 Å². The quantitative estimate of drug-likeness (QED) is 0.141. The number of rotatable bonds is 14. The molecule has 6 N–H and O–H groups in total. The van der Waals surface area contributed by atoms with E-state index in [1.165, 1.54) is 0 Å². The van der Waals surface area contributed by atoms with E-state index in [0.29, 0.717) is 18.7 Å². The van der Waals surface area contributed by atoms with Gasteiger partial charge >= 0.3 is 7.82 Å². The van der Waals surface area contributed by atoms with Gasteiger partial charge in [-0.2, -0.15) is 0 Å². The Morgan fingerprint density at radius 1 is 1.08 bits per heavy atom. The van der Waals surface area contributed by atoms with Gasteiger partial charge in [-0.3, -0.25) is 28.5 Å². The molecule has 0 spiro atoms. The van der Waals surface area contributed by atoms with E-state index in [9.17, 15) is 28.5 Å². The number of Topliss-reactive ketones (excluding diaryl/α,β-unsaturated/α-hetero) is 1. The van der Waals surface area contributed by atoms with Gasteiger partial charge in [-0.15, -0.1) is 0 Å². The summed E-state index contributed by atoms with van der Waals surface area (Å²) in [6.07, 6.45) is -0.0531. The van der Waals surface area contributed by atoms with Crippen molar-refractivity contribution in [3.8, 4) is 0 Å². The van der Waals surface area contributed by atoms with Gasteiger partial charge in [0.2, 0.25) is 23.6 Å². The molecule has 3 atom stereocenters. The molecule has 14 heteroatoms. The number of hydrogen-bond acceptors (Lipinski definition) is 7. The second-order valence-corrected chi connectivity index (χ2v) is 10.4. The lowest BCUT2D eigenvalue weighted by Gasteiger charge is -2.25. The maximum Gasteiger partial charge on any atom is 0.470 e.